The van der Waals surface area contributed by atoms with Gasteiger partial charge in [0.15, 0.2) is 0 Å². The predicted molar refractivity (Wildman–Crippen MR) is 99.7 cm³/mol. The van der Waals surface area contributed by atoms with Gasteiger partial charge in [-0.25, -0.2) is 4.39 Å². The first kappa shape index (κ1) is 19.9. The molecule has 1 aliphatic heterocycles. The van der Waals surface area contributed by atoms with Crippen LogP contribution in [0.25, 0.3) is 0 Å². The van der Waals surface area contributed by atoms with E-state index in [2.05, 4.69) is 9.71 Å². The summed E-state index contributed by atoms with van der Waals surface area (Å²) in [5.74, 6) is -1.10. The molecule has 10 heteroatoms. The molecule has 1 saturated heterocycles. The minimum absolute atomic E-state index is 0.175. The van der Waals surface area contributed by atoms with Crippen molar-refractivity contribution in [2.75, 3.05) is 30.9 Å². The Morgan fingerprint density at radius 1 is 1.07 bits per heavy atom. The molecule has 8 nitrogen and oxygen atoms in total. The zero-order chi connectivity index (χ0) is 20.3. The molecule has 1 N–H and O–H groups in total. The third-order valence-electron chi connectivity index (χ3n) is 4.47. The third kappa shape index (κ3) is 4.52. The summed E-state index contributed by atoms with van der Waals surface area (Å²) in [7, 11) is 0. The summed E-state index contributed by atoms with van der Waals surface area (Å²) in [6.07, 6.45) is 2.35. The van der Waals surface area contributed by atoms with Crippen LogP contribution in [0.2, 0.25) is 0 Å². The molecule has 0 bridgehead atoms. The molecule has 2 heterocycles. The Bertz CT molecular complexity index is 932. The average molecular weight is 405 g/mol. The van der Waals surface area contributed by atoms with Gasteiger partial charge < -0.3 is 19.1 Å². The van der Waals surface area contributed by atoms with Crippen molar-refractivity contribution in [1.29, 1.82) is 0 Å². The van der Waals surface area contributed by atoms with Crippen LogP contribution in [0.3, 0.4) is 0 Å². The summed E-state index contributed by atoms with van der Waals surface area (Å²) < 4.78 is 37.0. The first-order valence-electron chi connectivity index (χ1n) is 8.51. The van der Waals surface area contributed by atoms with Crippen molar-refractivity contribution in [1.82, 2.24) is 14.8 Å². The van der Waals surface area contributed by atoms with Gasteiger partial charge in [0.25, 0.3) is 11.8 Å². The molecular formula is C18H18FN4O4S-. The Hall–Kier alpha value is -2.85. The number of hydrogen-bond acceptors (Lipinski definition) is 5. The van der Waals surface area contributed by atoms with Crippen molar-refractivity contribution in [3.63, 3.8) is 0 Å². The maximum Gasteiger partial charge on any atom is 0.255 e. The van der Waals surface area contributed by atoms with Gasteiger partial charge in [0.1, 0.15) is 5.82 Å². The van der Waals surface area contributed by atoms with Crippen LogP contribution < -0.4 is 4.72 Å². The number of hydrogen-bond donors (Lipinski definition) is 1. The van der Waals surface area contributed by atoms with E-state index in [1.165, 1.54) is 12.3 Å². The quantitative estimate of drug-likeness (QED) is 0.773. The molecule has 0 radical (unpaired) electrons. The van der Waals surface area contributed by atoms with Crippen molar-refractivity contribution in [3.8, 4) is 0 Å². The minimum Gasteiger partial charge on any atom is -0.755 e. The molecule has 0 spiro atoms. The van der Waals surface area contributed by atoms with Gasteiger partial charge in [-0.1, -0.05) is 0 Å². The number of carbonyl (C=O) groups is 2. The van der Waals surface area contributed by atoms with E-state index in [9.17, 15) is 22.7 Å². The molecule has 1 fully saturated rings. The number of carbonyl (C=O) groups excluding carboxylic acids is 2. The summed E-state index contributed by atoms with van der Waals surface area (Å²) in [6, 6.07) is 5.85. The van der Waals surface area contributed by atoms with Crippen LogP contribution in [0.1, 0.15) is 26.3 Å². The number of halogens is 1. The molecule has 28 heavy (non-hydrogen) atoms. The number of aromatic nitrogens is 1. The zero-order valence-corrected chi connectivity index (χ0v) is 15.9. The lowest BCUT2D eigenvalue weighted by atomic mass is 10.1. The van der Waals surface area contributed by atoms with Gasteiger partial charge in [-0.05, 0) is 36.8 Å². The van der Waals surface area contributed by atoms with E-state index in [1.54, 1.807) is 28.9 Å². The highest BCUT2D eigenvalue weighted by Gasteiger charge is 2.26. The lowest BCUT2D eigenvalue weighted by Gasteiger charge is -2.35. The summed E-state index contributed by atoms with van der Waals surface area (Å²) in [4.78, 5) is 32.0. The van der Waals surface area contributed by atoms with Crippen LogP contribution in [0.4, 0.5) is 10.1 Å². The summed E-state index contributed by atoms with van der Waals surface area (Å²) >= 11 is -2.44. The van der Waals surface area contributed by atoms with E-state index >= 15 is 0 Å². The lowest BCUT2D eigenvalue weighted by Crippen LogP contribution is -2.50. The van der Waals surface area contributed by atoms with Gasteiger partial charge in [0, 0.05) is 54.9 Å². The first-order valence-corrected chi connectivity index (χ1v) is 9.58. The normalized spacial score (nSPS) is 15.2. The number of amides is 2. The Balaban J connectivity index is 1.63. The van der Waals surface area contributed by atoms with E-state index in [1.807, 2.05) is 0 Å². The fourth-order valence-corrected chi connectivity index (χ4v) is 3.42. The average Bonchev–Trinajstić information content (AvgIpc) is 2.68. The molecule has 1 unspecified atom stereocenters. The van der Waals surface area contributed by atoms with Crippen molar-refractivity contribution in [3.05, 3.63) is 59.2 Å². The minimum atomic E-state index is -2.44. The highest BCUT2D eigenvalue weighted by atomic mass is 32.2. The van der Waals surface area contributed by atoms with Crippen molar-refractivity contribution < 1.29 is 22.7 Å². The zero-order valence-electron chi connectivity index (χ0n) is 15.1. The summed E-state index contributed by atoms with van der Waals surface area (Å²) in [5.41, 5.74) is 1.65. The Labute approximate surface area is 163 Å². The summed E-state index contributed by atoms with van der Waals surface area (Å²) in [6.45, 7) is 3.05. The van der Waals surface area contributed by atoms with Gasteiger partial charge in [-0.2, -0.15) is 0 Å². The fourth-order valence-electron chi connectivity index (χ4n) is 3.01. The standard InChI is InChI=1S/C18H19FN4O4S/c1-12-8-13(2-3-16(12)21-28(26)27)17(24)22-4-6-23(7-5-22)18(25)14-9-15(19)11-20-10-14/h2-3,8-11,21H,4-7H2,1H3,(H,26,27)/p-1. The Kier molecular flexibility index (Phi) is 6.00. The van der Waals surface area contributed by atoms with Crippen LogP contribution in [0.5, 0.6) is 0 Å². The van der Waals surface area contributed by atoms with Crippen LogP contribution in [-0.2, 0) is 11.3 Å². The second kappa shape index (κ2) is 8.44. The number of piperazine rings is 1. The number of pyridine rings is 1. The first-order chi connectivity index (χ1) is 13.3. The van der Waals surface area contributed by atoms with Gasteiger partial charge >= 0.3 is 0 Å². The number of nitrogens with zero attached hydrogens (tertiary/aromatic N) is 3. The van der Waals surface area contributed by atoms with E-state index < -0.39 is 17.1 Å². The molecule has 148 valence electrons. The maximum atomic E-state index is 13.3. The SMILES string of the molecule is Cc1cc(C(=O)N2CCN(C(=O)c3cncc(F)c3)CC2)ccc1NS(=O)[O-]. The molecule has 1 atom stereocenters. The van der Waals surface area contributed by atoms with Crippen LogP contribution in [0.15, 0.2) is 36.7 Å². The van der Waals surface area contributed by atoms with Crippen molar-refractivity contribution >= 4 is 28.8 Å². The third-order valence-corrected chi connectivity index (χ3v) is 4.86. The smallest absolute Gasteiger partial charge is 0.255 e. The molecule has 2 amide bonds. The molecule has 1 aromatic heterocycles. The Morgan fingerprint density at radius 2 is 1.68 bits per heavy atom. The number of rotatable bonds is 4. The number of aryl methyl sites for hydroxylation is 1. The van der Waals surface area contributed by atoms with E-state index in [4.69, 9.17) is 0 Å². The van der Waals surface area contributed by atoms with E-state index in [0.29, 0.717) is 43.0 Å². The van der Waals surface area contributed by atoms with E-state index in [0.717, 1.165) is 12.3 Å². The fraction of sp³-hybridized carbons (Fsp3) is 0.278. The number of anilines is 1. The predicted octanol–water partition coefficient (Wildman–Crippen LogP) is 1.33. The molecule has 1 aliphatic rings. The van der Waals surface area contributed by atoms with Crippen molar-refractivity contribution in [2.45, 2.75) is 6.92 Å². The second-order valence-corrected chi connectivity index (χ2v) is 7.02. The molecule has 0 saturated carbocycles. The van der Waals surface area contributed by atoms with E-state index in [-0.39, 0.29) is 17.4 Å². The molecule has 0 aliphatic carbocycles. The molecular weight excluding hydrogens is 387 g/mol. The summed E-state index contributed by atoms with van der Waals surface area (Å²) in [5, 5.41) is 0. The van der Waals surface area contributed by atoms with Gasteiger partial charge in [-0.3, -0.25) is 18.8 Å². The van der Waals surface area contributed by atoms with Crippen LogP contribution in [0, 0.1) is 12.7 Å². The molecule has 3 rings (SSSR count). The van der Waals surface area contributed by atoms with Crippen LogP contribution >= 0.6 is 0 Å². The molecule has 1 aromatic carbocycles. The van der Waals surface area contributed by atoms with Gasteiger partial charge in [0.2, 0.25) is 0 Å². The number of nitrogens with one attached hydrogen (secondary N) is 1. The number of benzene rings is 1. The van der Waals surface area contributed by atoms with Crippen molar-refractivity contribution in [2.24, 2.45) is 0 Å². The molecule has 2 aromatic rings. The maximum absolute atomic E-state index is 13.3. The topological polar surface area (TPSA) is 106 Å². The largest absolute Gasteiger partial charge is 0.755 e. The van der Waals surface area contributed by atoms with Crippen LogP contribution in [-0.4, -0.2) is 61.5 Å². The lowest BCUT2D eigenvalue weighted by molar-refractivity contribution is 0.0535. The highest BCUT2D eigenvalue weighted by Crippen LogP contribution is 2.19. The monoisotopic (exact) mass is 405 g/mol. The second-order valence-electron chi connectivity index (χ2n) is 6.34. The highest BCUT2D eigenvalue weighted by molar-refractivity contribution is 7.80. The van der Waals surface area contributed by atoms with Gasteiger partial charge in [-0.15, -0.1) is 0 Å². The van der Waals surface area contributed by atoms with Gasteiger partial charge in [0.05, 0.1) is 11.8 Å². The Morgan fingerprint density at radius 3 is 2.21 bits per heavy atom.